The van der Waals surface area contributed by atoms with E-state index in [4.69, 9.17) is 0 Å². The van der Waals surface area contributed by atoms with Crippen molar-refractivity contribution in [2.75, 3.05) is 12.3 Å². The van der Waals surface area contributed by atoms with Gasteiger partial charge in [-0.25, -0.2) is 0 Å². The lowest BCUT2D eigenvalue weighted by molar-refractivity contribution is 0.497. The standard InChI is InChI=1S/C10H20OP/c1-2-3-4-5-6-10-7-8-12(11)9-10/h10H,2-9H2,1H3/q+1. The molecule has 2 atom stereocenters. The van der Waals surface area contributed by atoms with E-state index in [1.165, 1.54) is 38.5 Å². The van der Waals surface area contributed by atoms with Crippen molar-refractivity contribution in [3.63, 3.8) is 0 Å². The normalized spacial score (nSPS) is 26.4. The third kappa shape index (κ3) is 3.67. The first-order chi connectivity index (χ1) is 5.83. The zero-order valence-electron chi connectivity index (χ0n) is 8.09. The number of hydrogen-bond donors (Lipinski definition) is 0. The molecule has 1 fully saturated rings. The Morgan fingerprint density at radius 3 is 2.75 bits per heavy atom. The van der Waals surface area contributed by atoms with Crippen molar-refractivity contribution in [2.45, 2.75) is 45.4 Å². The molecule has 0 amide bonds. The van der Waals surface area contributed by atoms with Crippen LogP contribution in [0.3, 0.4) is 0 Å². The molecule has 0 radical (unpaired) electrons. The summed E-state index contributed by atoms with van der Waals surface area (Å²) in [6.45, 7) is 2.24. The summed E-state index contributed by atoms with van der Waals surface area (Å²) >= 11 is 0. The van der Waals surface area contributed by atoms with E-state index in [1.807, 2.05) is 0 Å². The first-order valence-corrected chi connectivity index (χ1v) is 6.88. The maximum Gasteiger partial charge on any atom is 0.338 e. The molecular weight excluding hydrogens is 167 g/mol. The third-order valence-electron chi connectivity index (χ3n) is 2.71. The zero-order valence-corrected chi connectivity index (χ0v) is 8.98. The largest absolute Gasteiger partial charge is 0.338 e. The van der Waals surface area contributed by atoms with E-state index in [0.717, 1.165) is 18.2 Å². The molecule has 0 bridgehead atoms. The minimum absolute atomic E-state index is 0.779. The molecule has 70 valence electrons. The Balaban J connectivity index is 1.97. The van der Waals surface area contributed by atoms with Crippen LogP contribution in [0.4, 0.5) is 0 Å². The zero-order chi connectivity index (χ0) is 8.81. The number of rotatable bonds is 5. The second-order valence-corrected chi connectivity index (χ2v) is 5.67. The summed E-state index contributed by atoms with van der Waals surface area (Å²) in [4.78, 5) is 0. The first kappa shape index (κ1) is 10.2. The molecule has 1 saturated heterocycles. The van der Waals surface area contributed by atoms with Gasteiger partial charge in [-0.1, -0.05) is 37.2 Å². The van der Waals surface area contributed by atoms with Gasteiger partial charge in [-0.3, -0.25) is 0 Å². The van der Waals surface area contributed by atoms with E-state index in [0.29, 0.717) is 0 Å². The van der Waals surface area contributed by atoms with Gasteiger partial charge in [0, 0.05) is 5.92 Å². The molecule has 0 aliphatic carbocycles. The molecule has 0 aromatic rings. The van der Waals surface area contributed by atoms with Gasteiger partial charge in [-0.15, -0.1) is 0 Å². The van der Waals surface area contributed by atoms with E-state index in [1.54, 1.807) is 0 Å². The maximum atomic E-state index is 11.1. The fourth-order valence-electron chi connectivity index (χ4n) is 1.89. The Labute approximate surface area is 76.7 Å². The molecule has 0 aromatic heterocycles. The van der Waals surface area contributed by atoms with E-state index >= 15 is 0 Å². The monoisotopic (exact) mass is 187 g/mol. The van der Waals surface area contributed by atoms with Crippen LogP contribution < -0.4 is 0 Å². The lowest BCUT2D eigenvalue weighted by atomic mass is 10.0. The van der Waals surface area contributed by atoms with Crippen molar-refractivity contribution in [3.8, 4) is 0 Å². The predicted octanol–water partition coefficient (Wildman–Crippen LogP) is 3.80. The minimum Gasteiger partial charge on any atom is -0.0748 e. The Hall–Kier alpha value is 0.100. The third-order valence-corrected chi connectivity index (χ3v) is 4.40. The summed E-state index contributed by atoms with van der Waals surface area (Å²) < 4.78 is 11.1. The molecule has 2 heteroatoms. The maximum absolute atomic E-state index is 11.1. The Morgan fingerprint density at radius 2 is 2.17 bits per heavy atom. The van der Waals surface area contributed by atoms with Gasteiger partial charge >= 0.3 is 7.80 Å². The highest BCUT2D eigenvalue weighted by Gasteiger charge is 2.31. The van der Waals surface area contributed by atoms with Crippen LogP contribution in [0.1, 0.15) is 45.4 Å². The molecule has 1 nitrogen and oxygen atoms in total. The highest BCUT2D eigenvalue weighted by molar-refractivity contribution is 7.45. The number of unbranched alkanes of at least 4 members (excludes halogenated alkanes) is 3. The molecule has 1 rings (SSSR count). The predicted molar refractivity (Wildman–Crippen MR) is 54.2 cm³/mol. The fraction of sp³-hybridized carbons (Fsp3) is 1.00. The van der Waals surface area contributed by atoms with Gasteiger partial charge in [-0.05, 0) is 12.8 Å². The second kappa shape index (κ2) is 5.70. The summed E-state index contributed by atoms with van der Waals surface area (Å²) in [5, 5.41) is 0. The van der Waals surface area contributed by atoms with E-state index < -0.39 is 7.80 Å². The molecule has 2 unspecified atom stereocenters. The van der Waals surface area contributed by atoms with Gasteiger partial charge < -0.3 is 0 Å². The highest BCUT2D eigenvalue weighted by Crippen LogP contribution is 2.37. The Bertz CT molecular complexity index is 145. The second-order valence-electron chi connectivity index (χ2n) is 3.89. The smallest absolute Gasteiger partial charge is 0.0748 e. The van der Waals surface area contributed by atoms with Crippen molar-refractivity contribution in [1.29, 1.82) is 0 Å². The van der Waals surface area contributed by atoms with Crippen molar-refractivity contribution in [1.82, 2.24) is 0 Å². The van der Waals surface area contributed by atoms with Crippen LogP contribution in [0.2, 0.25) is 0 Å². The van der Waals surface area contributed by atoms with Gasteiger partial charge in [0.15, 0.2) is 0 Å². The summed E-state index contributed by atoms with van der Waals surface area (Å²) in [5.74, 6) is 0.811. The molecule has 1 heterocycles. The van der Waals surface area contributed by atoms with Gasteiger partial charge in [0.2, 0.25) is 0 Å². The summed E-state index contributed by atoms with van der Waals surface area (Å²) in [7, 11) is -0.779. The molecule has 0 spiro atoms. The fourth-order valence-corrected chi connectivity index (χ4v) is 3.67. The molecular formula is C10H20OP+. The Morgan fingerprint density at radius 1 is 1.33 bits per heavy atom. The lowest BCUT2D eigenvalue weighted by Gasteiger charge is -2.03. The topological polar surface area (TPSA) is 17.1 Å². The minimum atomic E-state index is -0.779. The van der Waals surface area contributed by atoms with E-state index in [-0.39, 0.29) is 0 Å². The van der Waals surface area contributed by atoms with E-state index in [9.17, 15) is 4.57 Å². The summed E-state index contributed by atoms with van der Waals surface area (Å²) in [6.07, 6.45) is 10.0. The molecule has 1 aliphatic heterocycles. The van der Waals surface area contributed by atoms with Gasteiger partial charge in [-0.2, -0.15) is 0 Å². The van der Waals surface area contributed by atoms with Crippen molar-refractivity contribution in [3.05, 3.63) is 0 Å². The van der Waals surface area contributed by atoms with Crippen LogP contribution in [0.15, 0.2) is 0 Å². The van der Waals surface area contributed by atoms with Crippen molar-refractivity contribution in [2.24, 2.45) is 5.92 Å². The van der Waals surface area contributed by atoms with Gasteiger partial charge in [0.25, 0.3) is 0 Å². The molecule has 0 N–H and O–H groups in total. The average Bonchev–Trinajstić information content (AvgIpc) is 2.45. The molecule has 12 heavy (non-hydrogen) atoms. The van der Waals surface area contributed by atoms with Crippen molar-refractivity contribution < 1.29 is 4.57 Å². The van der Waals surface area contributed by atoms with Gasteiger partial charge in [0.1, 0.15) is 12.3 Å². The van der Waals surface area contributed by atoms with Crippen molar-refractivity contribution >= 4 is 7.80 Å². The van der Waals surface area contributed by atoms with Gasteiger partial charge in [0.05, 0.1) is 0 Å². The highest BCUT2D eigenvalue weighted by atomic mass is 31.1. The first-order valence-electron chi connectivity index (χ1n) is 5.25. The summed E-state index contributed by atoms with van der Waals surface area (Å²) in [6, 6.07) is 0. The van der Waals surface area contributed by atoms with Crippen LogP contribution in [0, 0.1) is 5.92 Å². The van der Waals surface area contributed by atoms with Crippen LogP contribution in [-0.2, 0) is 4.57 Å². The molecule has 1 aliphatic rings. The lowest BCUT2D eigenvalue weighted by Crippen LogP contribution is -1.96. The Kier molecular flexibility index (Phi) is 4.83. The van der Waals surface area contributed by atoms with Crippen LogP contribution in [-0.4, -0.2) is 12.3 Å². The van der Waals surface area contributed by atoms with Crippen LogP contribution in [0.5, 0.6) is 0 Å². The molecule has 0 saturated carbocycles. The summed E-state index contributed by atoms with van der Waals surface area (Å²) in [5.41, 5.74) is 0. The van der Waals surface area contributed by atoms with Crippen LogP contribution in [0.25, 0.3) is 0 Å². The quantitative estimate of drug-likeness (QED) is 0.472. The van der Waals surface area contributed by atoms with Crippen LogP contribution >= 0.6 is 7.80 Å². The van der Waals surface area contributed by atoms with E-state index in [2.05, 4.69) is 6.92 Å². The average molecular weight is 187 g/mol. The molecule has 0 aromatic carbocycles. The SMILES string of the molecule is CCCCCCC1CC[P+](=O)C1. The number of hydrogen-bond acceptors (Lipinski definition) is 1.